The summed E-state index contributed by atoms with van der Waals surface area (Å²) in [6.45, 7) is 4.44. The molecule has 1 aliphatic rings. The first-order valence-corrected chi connectivity index (χ1v) is 7.47. The van der Waals surface area contributed by atoms with Gasteiger partial charge in [-0.15, -0.1) is 0 Å². The minimum Gasteiger partial charge on any atom is -0.314 e. The second kappa shape index (κ2) is 5.15. The van der Waals surface area contributed by atoms with Gasteiger partial charge < -0.3 is 5.32 Å². The number of piperazine rings is 1. The molecule has 0 radical (unpaired) electrons. The van der Waals surface area contributed by atoms with Crippen LogP contribution in [0.1, 0.15) is 13.8 Å². The Morgan fingerprint density at radius 2 is 1.79 bits per heavy atom. The first-order chi connectivity index (χ1) is 8.84. The lowest BCUT2D eigenvalue weighted by molar-refractivity contribution is 0.219. The highest BCUT2D eigenvalue weighted by atomic mass is 32.2. The largest absolute Gasteiger partial charge is 0.314 e. The molecule has 2 unspecified atom stereocenters. The van der Waals surface area contributed by atoms with Crippen molar-refractivity contribution in [2.45, 2.75) is 30.8 Å². The summed E-state index contributed by atoms with van der Waals surface area (Å²) in [5, 5.41) is 3.09. The summed E-state index contributed by atoms with van der Waals surface area (Å²) in [6, 6.07) is 1.85. The molecule has 19 heavy (non-hydrogen) atoms. The maximum atomic E-state index is 13.7. The van der Waals surface area contributed by atoms with Gasteiger partial charge in [-0.25, -0.2) is 17.2 Å². The van der Waals surface area contributed by atoms with Gasteiger partial charge in [-0.05, 0) is 32.0 Å². The molecule has 2 rings (SSSR count). The van der Waals surface area contributed by atoms with Gasteiger partial charge in [0.05, 0.1) is 0 Å². The quantitative estimate of drug-likeness (QED) is 0.894. The number of benzene rings is 1. The number of rotatable bonds is 2. The molecule has 0 aliphatic carbocycles. The molecule has 1 aromatic rings. The van der Waals surface area contributed by atoms with Gasteiger partial charge >= 0.3 is 0 Å². The Morgan fingerprint density at radius 3 is 2.37 bits per heavy atom. The fraction of sp³-hybridized carbons (Fsp3) is 0.500. The molecular formula is C12H16F2N2O2S. The van der Waals surface area contributed by atoms with E-state index in [0.717, 1.165) is 18.2 Å². The topological polar surface area (TPSA) is 49.4 Å². The standard InChI is InChI=1S/C12H16F2N2O2S/c1-8-6-15-7-9(2)16(8)19(17,18)12-5-10(13)3-4-11(12)14/h3-5,8-9,15H,6-7H2,1-2H3. The van der Waals surface area contributed by atoms with Crippen molar-refractivity contribution >= 4 is 10.0 Å². The Morgan fingerprint density at radius 1 is 1.21 bits per heavy atom. The molecule has 0 aromatic heterocycles. The molecule has 1 N–H and O–H groups in total. The third kappa shape index (κ3) is 2.63. The van der Waals surface area contributed by atoms with Gasteiger partial charge in [-0.3, -0.25) is 0 Å². The summed E-state index contributed by atoms with van der Waals surface area (Å²) in [7, 11) is -4.04. The van der Waals surface area contributed by atoms with Gasteiger partial charge in [0.15, 0.2) is 0 Å². The van der Waals surface area contributed by atoms with Crippen molar-refractivity contribution in [2.75, 3.05) is 13.1 Å². The summed E-state index contributed by atoms with van der Waals surface area (Å²) in [6.07, 6.45) is 0. The van der Waals surface area contributed by atoms with Crippen LogP contribution in [0, 0.1) is 11.6 Å². The zero-order valence-electron chi connectivity index (χ0n) is 10.7. The molecule has 4 nitrogen and oxygen atoms in total. The Labute approximate surface area is 111 Å². The van der Waals surface area contributed by atoms with E-state index in [0.29, 0.717) is 13.1 Å². The van der Waals surface area contributed by atoms with E-state index in [9.17, 15) is 17.2 Å². The predicted octanol–water partition coefficient (Wildman–Crippen LogP) is 1.34. The number of halogens is 2. The van der Waals surface area contributed by atoms with E-state index < -0.39 is 26.6 Å². The molecule has 0 saturated carbocycles. The summed E-state index contributed by atoms with van der Waals surface area (Å²) >= 11 is 0. The summed E-state index contributed by atoms with van der Waals surface area (Å²) in [4.78, 5) is -0.604. The molecule has 106 valence electrons. The summed E-state index contributed by atoms with van der Waals surface area (Å²) in [5.41, 5.74) is 0. The third-order valence-electron chi connectivity index (χ3n) is 3.20. The third-order valence-corrected chi connectivity index (χ3v) is 5.34. The minimum absolute atomic E-state index is 0.309. The predicted molar refractivity (Wildman–Crippen MR) is 67.2 cm³/mol. The molecule has 2 atom stereocenters. The molecule has 1 saturated heterocycles. The Kier molecular flexibility index (Phi) is 3.89. The van der Waals surface area contributed by atoms with Crippen LogP contribution in [-0.2, 0) is 10.0 Å². The van der Waals surface area contributed by atoms with Crippen molar-refractivity contribution in [3.63, 3.8) is 0 Å². The van der Waals surface area contributed by atoms with E-state index in [1.807, 2.05) is 0 Å². The molecule has 1 aromatic carbocycles. The average molecular weight is 290 g/mol. The van der Waals surface area contributed by atoms with Gasteiger partial charge in [0.1, 0.15) is 16.5 Å². The second-order valence-electron chi connectivity index (χ2n) is 4.77. The van der Waals surface area contributed by atoms with Crippen LogP contribution >= 0.6 is 0 Å². The maximum absolute atomic E-state index is 13.7. The van der Waals surface area contributed by atoms with E-state index >= 15 is 0 Å². The zero-order valence-corrected chi connectivity index (χ0v) is 11.5. The molecule has 1 heterocycles. The van der Waals surface area contributed by atoms with Crippen molar-refractivity contribution in [2.24, 2.45) is 0 Å². The lowest BCUT2D eigenvalue weighted by Crippen LogP contribution is -2.57. The minimum atomic E-state index is -4.04. The van der Waals surface area contributed by atoms with Crippen molar-refractivity contribution in [1.82, 2.24) is 9.62 Å². The second-order valence-corrected chi connectivity index (χ2v) is 6.58. The zero-order chi connectivity index (χ0) is 14.2. The molecule has 1 fully saturated rings. The van der Waals surface area contributed by atoms with Crippen LogP contribution in [0.5, 0.6) is 0 Å². The van der Waals surface area contributed by atoms with E-state index in [-0.39, 0.29) is 12.1 Å². The van der Waals surface area contributed by atoms with Gasteiger partial charge in [-0.1, -0.05) is 0 Å². The van der Waals surface area contributed by atoms with Crippen molar-refractivity contribution in [1.29, 1.82) is 0 Å². The lowest BCUT2D eigenvalue weighted by Gasteiger charge is -2.38. The SMILES string of the molecule is CC1CNCC(C)N1S(=O)(=O)c1cc(F)ccc1F. The Hall–Kier alpha value is -1.05. The van der Waals surface area contributed by atoms with E-state index in [2.05, 4.69) is 5.32 Å². The van der Waals surface area contributed by atoms with Crippen LogP contribution in [0.4, 0.5) is 8.78 Å². The first-order valence-electron chi connectivity index (χ1n) is 6.03. The monoisotopic (exact) mass is 290 g/mol. The van der Waals surface area contributed by atoms with Crippen molar-refractivity contribution < 1.29 is 17.2 Å². The highest BCUT2D eigenvalue weighted by Crippen LogP contribution is 2.25. The maximum Gasteiger partial charge on any atom is 0.246 e. The number of hydrogen-bond acceptors (Lipinski definition) is 3. The Balaban J connectivity index is 2.49. The van der Waals surface area contributed by atoms with Crippen LogP contribution in [0.2, 0.25) is 0 Å². The van der Waals surface area contributed by atoms with E-state index in [1.165, 1.54) is 4.31 Å². The molecular weight excluding hydrogens is 274 g/mol. The van der Waals surface area contributed by atoms with Crippen LogP contribution in [0.15, 0.2) is 23.1 Å². The molecule has 0 spiro atoms. The normalized spacial score (nSPS) is 25.5. The van der Waals surface area contributed by atoms with Crippen LogP contribution in [-0.4, -0.2) is 37.9 Å². The molecule has 0 amide bonds. The van der Waals surface area contributed by atoms with Crippen LogP contribution < -0.4 is 5.32 Å². The van der Waals surface area contributed by atoms with Gasteiger partial charge in [0, 0.05) is 25.2 Å². The fourth-order valence-electron chi connectivity index (χ4n) is 2.38. The highest BCUT2D eigenvalue weighted by molar-refractivity contribution is 7.89. The highest BCUT2D eigenvalue weighted by Gasteiger charge is 2.37. The van der Waals surface area contributed by atoms with Crippen molar-refractivity contribution in [3.05, 3.63) is 29.8 Å². The summed E-state index contributed by atoms with van der Waals surface area (Å²) < 4.78 is 53.0. The van der Waals surface area contributed by atoms with Gasteiger partial charge in [0.2, 0.25) is 10.0 Å². The average Bonchev–Trinajstić information content (AvgIpc) is 2.31. The summed E-state index contributed by atoms with van der Waals surface area (Å²) in [5.74, 6) is -1.70. The fourth-order valence-corrected chi connectivity index (χ4v) is 4.28. The number of nitrogens with one attached hydrogen (secondary N) is 1. The van der Waals surface area contributed by atoms with Gasteiger partial charge in [-0.2, -0.15) is 4.31 Å². The lowest BCUT2D eigenvalue weighted by atomic mass is 10.2. The van der Waals surface area contributed by atoms with E-state index in [4.69, 9.17) is 0 Å². The van der Waals surface area contributed by atoms with Gasteiger partial charge in [0.25, 0.3) is 0 Å². The molecule has 7 heteroatoms. The van der Waals surface area contributed by atoms with E-state index in [1.54, 1.807) is 13.8 Å². The molecule has 1 aliphatic heterocycles. The number of sulfonamides is 1. The molecule has 0 bridgehead atoms. The number of hydrogen-bond donors (Lipinski definition) is 1. The van der Waals surface area contributed by atoms with Crippen molar-refractivity contribution in [3.8, 4) is 0 Å². The van der Waals surface area contributed by atoms with Crippen LogP contribution in [0.25, 0.3) is 0 Å². The number of nitrogens with zero attached hydrogens (tertiary/aromatic N) is 1. The Bertz CT molecular complexity index is 567. The van der Waals surface area contributed by atoms with Crippen LogP contribution in [0.3, 0.4) is 0 Å². The first kappa shape index (κ1) is 14.4. The smallest absolute Gasteiger partial charge is 0.246 e.